The lowest BCUT2D eigenvalue weighted by Gasteiger charge is -2.36. The molecule has 10 heteroatoms. The summed E-state index contributed by atoms with van der Waals surface area (Å²) in [5, 5.41) is 7.16. The average Bonchev–Trinajstić information content (AvgIpc) is 3.23. The molecule has 3 heterocycles. The van der Waals surface area contributed by atoms with Crippen LogP contribution in [0.1, 0.15) is 31.8 Å². The summed E-state index contributed by atoms with van der Waals surface area (Å²) >= 11 is 1.47. The van der Waals surface area contributed by atoms with E-state index in [2.05, 4.69) is 53.6 Å². The van der Waals surface area contributed by atoms with Crippen LogP contribution in [0.5, 0.6) is 0 Å². The number of nitrogens with zero attached hydrogens (tertiary/aromatic N) is 6. The number of carbonyl (C=O) groups is 1. The molecular weight excluding hydrogens is 400 g/mol. The summed E-state index contributed by atoms with van der Waals surface area (Å²) in [6, 6.07) is 5.57. The molecular formula is C20H30N8OS. The maximum absolute atomic E-state index is 12.2. The van der Waals surface area contributed by atoms with E-state index in [0.29, 0.717) is 18.8 Å². The van der Waals surface area contributed by atoms with Gasteiger partial charge in [-0.25, -0.2) is 9.97 Å². The molecule has 3 rings (SSSR count). The van der Waals surface area contributed by atoms with E-state index in [1.165, 1.54) is 11.5 Å². The van der Waals surface area contributed by atoms with Crippen molar-refractivity contribution in [2.24, 2.45) is 4.99 Å². The highest BCUT2D eigenvalue weighted by molar-refractivity contribution is 7.09. The van der Waals surface area contributed by atoms with Gasteiger partial charge in [0.1, 0.15) is 11.6 Å². The molecule has 30 heavy (non-hydrogen) atoms. The molecule has 0 saturated carbocycles. The number of hydrogen-bond acceptors (Lipinski definition) is 7. The minimum absolute atomic E-state index is 0.0829. The number of aryl methyl sites for hydroxylation is 2. The van der Waals surface area contributed by atoms with Crippen molar-refractivity contribution in [3.05, 3.63) is 29.7 Å². The minimum atomic E-state index is -0.0829. The van der Waals surface area contributed by atoms with Gasteiger partial charge in [0.2, 0.25) is 11.0 Å². The Balaban J connectivity index is 1.50. The van der Waals surface area contributed by atoms with E-state index in [4.69, 9.17) is 0 Å². The fourth-order valence-electron chi connectivity index (χ4n) is 3.13. The molecule has 1 fully saturated rings. The molecule has 2 aromatic heterocycles. The van der Waals surface area contributed by atoms with Crippen LogP contribution in [-0.4, -0.2) is 70.4 Å². The molecule has 1 aliphatic heterocycles. The Bertz CT molecular complexity index is 860. The van der Waals surface area contributed by atoms with Gasteiger partial charge in [0, 0.05) is 62.8 Å². The zero-order chi connectivity index (χ0) is 21.3. The smallest absolute Gasteiger partial charge is 0.227 e. The standard InChI is InChI=1S/C20H30N8OS/c1-4-16-25-20(30-26-16)28-13-11-27(12-14-28)19(21-5-2)22-10-9-18(29)24-17-8-6-7-15(3)23-17/h6-8H,4-5,9-14H2,1-3H3,(H,21,22)(H,23,24,29). The second-order valence-corrected chi connectivity index (χ2v) is 7.75. The monoisotopic (exact) mass is 430 g/mol. The summed E-state index contributed by atoms with van der Waals surface area (Å²) in [6.07, 6.45) is 1.18. The summed E-state index contributed by atoms with van der Waals surface area (Å²) in [6.45, 7) is 10.7. The second kappa shape index (κ2) is 10.9. The molecule has 0 unspecified atom stereocenters. The van der Waals surface area contributed by atoms with Crippen LogP contribution in [0.25, 0.3) is 0 Å². The molecule has 1 saturated heterocycles. The van der Waals surface area contributed by atoms with Crippen molar-refractivity contribution in [2.45, 2.75) is 33.6 Å². The number of aliphatic imine (C=N–C) groups is 1. The van der Waals surface area contributed by atoms with Gasteiger partial charge < -0.3 is 20.4 Å². The normalized spacial score (nSPS) is 14.7. The number of hydrogen-bond donors (Lipinski definition) is 2. The molecule has 0 atom stereocenters. The third kappa shape index (κ3) is 6.12. The third-order valence-electron chi connectivity index (χ3n) is 4.71. The molecule has 0 aromatic carbocycles. The highest BCUT2D eigenvalue weighted by Crippen LogP contribution is 2.19. The Morgan fingerprint density at radius 2 is 2.00 bits per heavy atom. The number of guanidine groups is 1. The largest absolute Gasteiger partial charge is 0.357 e. The van der Waals surface area contributed by atoms with Gasteiger partial charge in [-0.15, -0.1) is 0 Å². The van der Waals surface area contributed by atoms with E-state index in [0.717, 1.165) is 61.8 Å². The van der Waals surface area contributed by atoms with Crippen LogP contribution in [0.3, 0.4) is 0 Å². The summed E-state index contributed by atoms with van der Waals surface area (Å²) < 4.78 is 4.38. The Kier molecular flexibility index (Phi) is 7.95. The highest BCUT2D eigenvalue weighted by atomic mass is 32.1. The van der Waals surface area contributed by atoms with Gasteiger partial charge in [-0.1, -0.05) is 13.0 Å². The van der Waals surface area contributed by atoms with Crippen LogP contribution in [0.4, 0.5) is 10.9 Å². The van der Waals surface area contributed by atoms with Crippen molar-refractivity contribution in [1.82, 2.24) is 24.6 Å². The maximum atomic E-state index is 12.2. The van der Waals surface area contributed by atoms with Gasteiger partial charge in [-0.05, 0) is 26.0 Å². The summed E-state index contributed by atoms with van der Waals surface area (Å²) in [7, 11) is 0. The van der Waals surface area contributed by atoms with E-state index in [1.807, 2.05) is 19.1 Å². The maximum Gasteiger partial charge on any atom is 0.227 e. The predicted octanol–water partition coefficient (Wildman–Crippen LogP) is 1.92. The number of pyridine rings is 1. The van der Waals surface area contributed by atoms with Gasteiger partial charge in [-0.2, -0.15) is 4.37 Å². The predicted molar refractivity (Wildman–Crippen MR) is 121 cm³/mol. The number of anilines is 2. The van der Waals surface area contributed by atoms with Crippen LogP contribution >= 0.6 is 11.5 Å². The van der Waals surface area contributed by atoms with Crippen molar-refractivity contribution >= 4 is 34.3 Å². The molecule has 0 spiro atoms. The second-order valence-electron chi connectivity index (χ2n) is 7.02. The third-order valence-corrected chi connectivity index (χ3v) is 5.53. The molecule has 2 aromatic rings. The van der Waals surface area contributed by atoms with Crippen LogP contribution in [-0.2, 0) is 11.2 Å². The molecule has 2 N–H and O–H groups in total. The minimum Gasteiger partial charge on any atom is -0.357 e. The summed E-state index contributed by atoms with van der Waals surface area (Å²) in [5.74, 6) is 2.26. The van der Waals surface area contributed by atoms with Crippen LogP contribution in [0.15, 0.2) is 23.2 Å². The Hall–Kier alpha value is -2.75. The zero-order valence-corrected chi connectivity index (χ0v) is 18.7. The van der Waals surface area contributed by atoms with E-state index in [-0.39, 0.29) is 5.91 Å². The van der Waals surface area contributed by atoms with Crippen LogP contribution < -0.4 is 15.5 Å². The molecule has 1 amide bonds. The Labute approximate surface area is 181 Å². The lowest BCUT2D eigenvalue weighted by atomic mass is 10.3. The number of amides is 1. The van der Waals surface area contributed by atoms with E-state index >= 15 is 0 Å². The van der Waals surface area contributed by atoms with Gasteiger partial charge in [0.05, 0.1) is 6.54 Å². The SMILES string of the molecule is CCNC(=NCCC(=O)Nc1cccc(C)n1)N1CCN(c2nc(CC)ns2)CC1. The topological polar surface area (TPSA) is 98.6 Å². The van der Waals surface area contributed by atoms with Crippen molar-refractivity contribution in [3.8, 4) is 0 Å². The van der Waals surface area contributed by atoms with Gasteiger partial charge in [0.25, 0.3) is 0 Å². The molecule has 0 radical (unpaired) electrons. The quantitative estimate of drug-likeness (QED) is 0.511. The van der Waals surface area contributed by atoms with Gasteiger partial charge in [-0.3, -0.25) is 9.79 Å². The molecule has 0 aliphatic carbocycles. The first-order chi connectivity index (χ1) is 14.6. The average molecular weight is 431 g/mol. The Morgan fingerprint density at radius 3 is 2.67 bits per heavy atom. The summed E-state index contributed by atoms with van der Waals surface area (Å²) in [5.41, 5.74) is 0.874. The fraction of sp³-hybridized carbons (Fsp3) is 0.550. The van der Waals surface area contributed by atoms with Crippen molar-refractivity contribution < 1.29 is 4.79 Å². The van der Waals surface area contributed by atoms with Crippen molar-refractivity contribution in [3.63, 3.8) is 0 Å². The first kappa shape index (κ1) is 21.9. The Morgan fingerprint density at radius 1 is 1.20 bits per heavy atom. The van der Waals surface area contributed by atoms with Crippen molar-refractivity contribution in [1.29, 1.82) is 0 Å². The van der Waals surface area contributed by atoms with E-state index in [1.54, 1.807) is 6.07 Å². The number of aromatic nitrogens is 3. The van der Waals surface area contributed by atoms with Gasteiger partial charge in [0.15, 0.2) is 5.96 Å². The molecule has 9 nitrogen and oxygen atoms in total. The molecule has 162 valence electrons. The number of nitrogens with one attached hydrogen (secondary N) is 2. The van der Waals surface area contributed by atoms with Crippen LogP contribution in [0, 0.1) is 6.92 Å². The van der Waals surface area contributed by atoms with Crippen molar-refractivity contribution in [2.75, 3.05) is 49.5 Å². The zero-order valence-electron chi connectivity index (χ0n) is 17.9. The molecule has 1 aliphatic rings. The van der Waals surface area contributed by atoms with E-state index in [9.17, 15) is 4.79 Å². The van der Waals surface area contributed by atoms with Crippen LogP contribution in [0.2, 0.25) is 0 Å². The first-order valence-corrected chi connectivity index (χ1v) is 11.2. The lowest BCUT2D eigenvalue weighted by molar-refractivity contribution is -0.116. The van der Waals surface area contributed by atoms with E-state index < -0.39 is 0 Å². The fourth-order valence-corrected chi connectivity index (χ4v) is 3.93. The number of rotatable bonds is 7. The highest BCUT2D eigenvalue weighted by Gasteiger charge is 2.22. The molecule has 0 bridgehead atoms. The first-order valence-electron chi connectivity index (χ1n) is 10.4. The summed E-state index contributed by atoms with van der Waals surface area (Å²) in [4.78, 5) is 30.2. The lowest BCUT2D eigenvalue weighted by Crippen LogP contribution is -2.52. The van der Waals surface area contributed by atoms with Gasteiger partial charge >= 0.3 is 0 Å². The number of piperazine rings is 1. The number of carbonyl (C=O) groups excluding carboxylic acids is 1.